The molecule has 2 heterocycles. The highest BCUT2D eigenvalue weighted by Crippen LogP contribution is 2.22. The molecule has 18 heavy (non-hydrogen) atoms. The monoisotopic (exact) mass is 256 g/mol. The van der Waals surface area contributed by atoms with Crippen LogP contribution in [0.2, 0.25) is 0 Å². The molecule has 1 aliphatic rings. The number of carbonyl (C=O) groups excluding carboxylic acids is 1. The molecule has 4 heteroatoms. The zero-order chi connectivity index (χ0) is 12.5. The summed E-state index contributed by atoms with van der Waals surface area (Å²) in [5.74, 6) is 0.540. The first kappa shape index (κ1) is 11.2. The number of thiophene rings is 1. The third-order valence-corrected chi connectivity index (χ3v) is 3.99. The number of nitrogens with zero attached hydrogens (tertiary/aromatic N) is 1. The van der Waals surface area contributed by atoms with E-state index in [4.69, 9.17) is 5.41 Å². The number of benzene rings is 1. The Morgan fingerprint density at radius 3 is 2.83 bits per heavy atom. The summed E-state index contributed by atoms with van der Waals surface area (Å²) >= 11 is 1.45. The molecule has 0 amide bonds. The van der Waals surface area contributed by atoms with E-state index in [0.717, 1.165) is 16.0 Å². The SMILES string of the molecule is N=C1c2ccccc2CN1CC(=O)c1cccs1. The molecule has 1 N–H and O–H groups in total. The third-order valence-electron chi connectivity index (χ3n) is 3.08. The molecular formula is C14H12N2OS. The fourth-order valence-corrected chi connectivity index (χ4v) is 2.82. The lowest BCUT2D eigenvalue weighted by Crippen LogP contribution is -2.29. The lowest BCUT2D eigenvalue weighted by atomic mass is 10.1. The first-order valence-corrected chi connectivity index (χ1v) is 6.62. The normalized spacial score (nSPS) is 13.8. The van der Waals surface area contributed by atoms with E-state index in [9.17, 15) is 4.79 Å². The number of rotatable bonds is 3. The Kier molecular flexibility index (Phi) is 2.72. The van der Waals surface area contributed by atoms with E-state index in [1.54, 1.807) is 0 Å². The zero-order valence-electron chi connectivity index (χ0n) is 9.72. The van der Waals surface area contributed by atoms with Crippen molar-refractivity contribution in [2.24, 2.45) is 0 Å². The molecule has 1 aromatic carbocycles. The van der Waals surface area contributed by atoms with Gasteiger partial charge in [0, 0.05) is 12.1 Å². The molecule has 0 atom stereocenters. The first-order chi connectivity index (χ1) is 8.75. The van der Waals surface area contributed by atoms with E-state index in [1.165, 1.54) is 11.3 Å². The second kappa shape index (κ2) is 4.38. The third kappa shape index (κ3) is 1.84. The van der Waals surface area contributed by atoms with Crippen molar-refractivity contribution in [3.63, 3.8) is 0 Å². The Morgan fingerprint density at radius 2 is 2.11 bits per heavy atom. The van der Waals surface area contributed by atoms with Gasteiger partial charge in [-0.25, -0.2) is 0 Å². The predicted octanol–water partition coefficient (Wildman–Crippen LogP) is 2.77. The highest BCUT2D eigenvalue weighted by atomic mass is 32.1. The average molecular weight is 256 g/mol. The topological polar surface area (TPSA) is 44.2 Å². The van der Waals surface area contributed by atoms with Crippen LogP contribution in [0.5, 0.6) is 0 Å². The maximum atomic E-state index is 12.0. The van der Waals surface area contributed by atoms with Crippen molar-refractivity contribution in [3.05, 3.63) is 57.8 Å². The summed E-state index contributed by atoms with van der Waals surface area (Å²) < 4.78 is 0. The lowest BCUT2D eigenvalue weighted by molar-refractivity contribution is 0.0966. The fourth-order valence-electron chi connectivity index (χ4n) is 2.17. The van der Waals surface area contributed by atoms with Gasteiger partial charge in [0.15, 0.2) is 5.78 Å². The number of hydrogen-bond acceptors (Lipinski definition) is 3. The van der Waals surface area contributed by atoms with Crippen molar-refractivity contribution < 1.29 is 4.79 Å². The Bertz CT molecular complexity index is 604. The highest BCUT2D eigenvalue weighted by Gasteiger charge is 2.25. The van der Waals surface area contributed by atoms with Crippen molar-refractivity contribution in [2.45, 2.75) is 6.54 Å². The summed E-state index contributed by atoms with van der Waals surface area (Å²) in [6.07, 6.45) is 0. The molecule has 0 unspecified atom stereocenters. The van der Waals surface area contributed by atoms with Crippen LogP contribution in [-0.4, -0.2) is 23.1 Å². The smallest absolute Gasteiger partial charge is 0.192 e. The fraction of sp³-hybridized carbons (Fsp3) is 0.143. The number of carbonyl (C=O) groups is 1. The molecule has 3 nitrogen and oxygen atoms in total. The van der Waals surface area contributed by atoms with Gasteiger partial charge < -0.3 is 4.90 Å². The van der Waals surface area contributed by atoms with Gasteiger partial charge in [0.05, 0.1) is 11.4 Å². The predicted molar refractivity (Wildman–Crippen MR) is 72.3 cm³/mol. The Labute approximate surface area is 109 Å². The number of Topliss-reactive ketones (excluding diaryl/α,β-unsaturated/α-hetero) is 1. The quantitative estimate of drug-likeness (QED) is 0.858. The zero-order valence-corrected chi connectivity index (χ0v) is 10.5. The lowest BCUT2D eigenvalue weighted by Gasteiger charge is -2.16. The van der Waals surface area contributed by atoms with Gasteiger partial charge >= 0.3 is 0 Å². The number of amidine groups is 1. The van der Waals surface area contributed by atoms with Gasteiger partial charge in [-0.05, 0) is 17.0 Å². The van der Waals surface area contributed by atoms with Crippen molar-refractivity contribution in [2.75, 3.05) is 6.54 Å². The molecule has 2 aromatic rings. The highest BCUT2D eigenvalue weighted by molar-refractivity contribution is 7.12. The van der Waals surface area contributed by atoms with Gasteiger partial charge in [0.1, 0.15) is 5.84 Å². The van der Waals surface area contributed by atoms with Crippen LogP contribution in [0.3, 0.4) is 0 Å². The van der Waals surface area contributed by atoms with Crippen LogP contribution in [0, 0.1) is 5.41 Å². The van der Waals surface area contributed by atoms with Crippen molar-refractivity contribution in [1.82, 2.24) is 4.90 Å². The summed E-state index contributed by atoms with van der Waals surface area (Å²) in [7, 11) is 0. The van der Waals surface area contributed by atoms with Gasteiger partial charge in [-0.1, -0.05) is 30.3 Å². The molecule has 0 saturated heterocycles. The largest absolute Gasteiger partial charge is 0.344 e. The van der Waals surface area contributed by atoms with Gasteiger partial charge in [0.2, 0.25) is 0 Å². The van der Waals surface area contributed by atoms with Gasteiger partial charge in [-0.15, -0.1) is 11.3 Å². The molecule has 0 aliphatic carbocycles. The summed E-state index contributed by atoms with van der Waals surface area (Å²) in [4.78, 5) is 14.6. The van der Waals surface area contributed by atoms with E-state index in [2.05, 4.69) is 0 Å². The summed E-state index contributed by atoms with van der Waals surface area (Å²) in [5.41, 5.74) is 2.07. The molecule has 90 valence electrons. The second-order valence-electron chi connectivity index (χ2n) is 4.26. The van der Waals surface area contributed by atoms with E-state index in [1.807, 2.05) is 46.7 Å². The standard InChI is InChI=1S/C14H12N2OS/c15-14-11-5-2-1-4-10(11)8-16(14)9-12(17)13-6-3-7-18-13/h1-7,15H,8-9H2. The number of hydrogen-bond donors (Lipinski definition) is 1. The number of fused-ring (bicyclic) bond motifs is 1. The van der Waals surface area contributed by atoms with Crippen LogP contribution in [0.25, 0.3) is 0 Å². The van der Waals surface area contributed by atoms with Crippen LogP contribution in [0.15, 0.2) is 41.8 Å². The van der Waals surface area contributed by atoms with E-state index < -0.39 is 0 Å². The molecule has 3 rings (SSSR count). The number of ketones is 1. The molecule has 0 bridgehead atoms. The minimum Gasteiger partial charge on any atom is -0.344 e. The summed E-state index contributed by atoms with van der Waals surface area (Å²) in [6.45, 7) is 0.945. The Hall–Kier alpha value is -1.94. The van der Waals surface area contributed by atoms with Gasteiger partial charge in [-0.2, -0.15) is 0 Å². The van der Waals surface area contributed by atoms with Gasteiger partial charge in [0.25, 0.3) is 0 Å². The Balaban J connectivity index is 1.77. The van der Waals surface area contributed by atoms with Crippen LogP contribution in [0.4, 0.5) is 0 Å². The van der Waals surface area contributed by atoms with Crippen molar-refractivity contribution in [3.8, 4) is 0 Å². The molecular weight excluding hydrogens is 244 g/mol. The van der Waals surface area contributed by atoms with Crippen LogP contribution >= 0.6 is 11.3 Å². The molecule has 0 radical (unpaired) electrons. The van der Waals surface area contributed by atoms with Gasteiger partial charge in [-0.3, -0.25) is 10.2 Å². The van der Waals surface area contributed by atoms with E-state index in [0.29, 0.717) is 12.4 Å². The minimum atomic E-state index is 0.0857. The summed E-state index contributed by atoms with van der Waals surface area (Å²) in [5, 5.41) is 9.98. The van der Waals surface area contributed by atoms with Crippen LogP contribution in [-0.2, 0) is 6.54 Å². The molecule has 0 spiro atoms. The minimum absolute atomic E-state index is 0.0857. The maximum Gasteiger partial charge on any atom is 0.192 e. The molecule has 1 aromatic heterocycles. The maximum absolute atomic E-state index is 12.0. The molecule has 0 saturated carbocycles. The Morgan fingerprint density at radius 1 is 1.28 bits per heavy atom. The number of nitrogens with one attached hydrogen (secondary N) is 1. The van der Waals surface area contributed by atoms with Crippen LogP contribution in [0.1, 0.15) is 20.8 Å². The van der Waals surface area contributed by atoms with Crippen molar-refractivity contribution in [1.29, 1.82) is 5.41 Å². The first-order valence-electron chi connectivity index (χ1n) is 5.74. The molecule has 0 fully saturated rings. The summed E-state index contributed by atoms with van der Waals surface area (Å²) in [6, 6.07) is 11.6. The average Bonchev–Trinajstić information content (AvgIpc) is 3.00. The van der Waals surface area contributed by atoms with Crippen molar-refractivity contribution >= 4 is 23.0 Å². The second-order valence-corrected chi connectivity index (χ2v) is 5.21. The molecule has 1 aliphatic heterocycles. The van der Waals surface area contributed by atoms with E-state index in [-0.39, 0.29) is 12.3 Å². The van der Waals surface area contributed by atoms with Crippen LogP contribution < -0.4 is 0 Å². The van der Waals surface area contributed by atoms with E-state index >= 15 is 0 Å².